The molecule has 2 aromatic rings. The third-order valence-electron chi connectivity index (χ3n) is 4.50. The number of nitrogens with zero attached hydrogens (tertiary/aromatic N) is 3. The number of hydrogen-bond donors (Lipinski definition) is 2. The molecular formula is C18H24N4OS. The van der Waals surface area contributed by atoms with Gasteiger partial charge in [-0.2, -0.15) is 0 Å². The van der Waals surface area contributed by atoms with E-state index in [1.54, 1.807) is 23.7 Å². The van der Waals surface area contributed by atoms with E-state index in [9.17, 15) is 5.11 Å². The Morgan fingerprint density at radius 1 is 1.42 bits per heavy atom. The molecule has 1 aliphatic rings. The Labute approximate surface area is 146 Å². The lowest BCUT2D eigenvalue weighted by Crippen LogP contribution is -2.34. The Balaban J connectivity index is 1.88. The highest BCUT2D eigenvalue weighted by Gasteiger charge is 2.26. The molecule has 24 heavy (non-hydrogen) atoms. The average molecular weight is 344 g/mol. The van der Waals surface area contributed by atoms with E-state index in [-0.39, 0.29) is 6.61 Å². The van der Waals surface area contributed by atoms with Crippen molar-refractivity contribution in [2.24, 2.45) is 10.9 Å². The van der Waals surface area contributed by atoms with Crippen molar-refractivity contribution in [2.45, 2.75) is 39.2 Å². The molecule has 1 fully saturated rings. The smallest absolute Gasteiger partial charge is 0.131 e. The molecular weight excluding hydrogens is 320 g/mol. The first kappa shape index (κ1) is 17.0. The molecule has 6 heteroatoms. The van der Waals surface area contributed by atoms with Gasteiger partial charge in [0, 0.05) is 25.9 Å². The number of pyridine rings is 1. The number of aliphatic hydroxyl groups is 1. The molecule has 2 heterocycles. The normalized spacial score (nSPS) is 21.2. The number of rotatable bonds is 4. The number of aromatic nitrogens is 2. The average Bonchev–Trinajstić information content (AvgIpc) is 3.19. The van der Waals surface area contributed by atoms with Crippen molar-refractivity contribution in [2.75, 3.05) is 13.7 Å². The van der Waals surface area contributed by atoms with Crippen LogP contribution in [0.1, 0.15) is 38.1 Å². The molecule has 0 saturated heterocycles. The fourth-order valence-corrected chi connectivity index (χ4v) is 4.34. The lowest BCUT2D eigenvalue weighted by Gasteiger charge is -2.18. The van der Waals surface area contributed by atoms with Crippen LogP contribution in [0.3, 0.4) is 0 Å². The summed E-state index contributed by atoms with van der Waals surface area (Å²) in [6.07, 6.45) is 6.74. The molecule has 0 bridgehead atoms. The van der Waals surface area contributed by atoms with E-state index < -0.39 is 0 Å². The van der Waals surface area contributed by atoms with Crippen LogP contribution in [0.15, 0.2) is 29.0 Å². The molecule has 2 atom stereocenters. The van der Waals surface area contributed by atoms with Gasteiger partial charge in [-0.25, -0.2) is 4.98 Å². The van der Waals surface area contributed by atoms with Gasteiger partial charge in [0.25, 0.3) is 0 Å². The molecule has 0 aliphatic heterocycles. The number of amidine groups is 1. The molecule has 2 N–H and O–H groups in total. The van der Waals surface area contributed by atoms with Crippen molar-refractivity contribution in [3.63, 3.8) is 0 Å². The lowest BCUT2D eigenvalue weighted by atomic mass is 10.1. The second-order valence-electron chi connectivity index (χ2n) is 6.51. The molecule has 0 spiro atoms. The predicted octanol–water partition coefficient (Wildman–Crippen LogP) is 3.26. The van der Waals surface area contributed by atoms with Gasteiger partial charge in [-0.05, 0) is 45.1 Å². The number of aliphatic hydroxyl groups excluding tert-OH is 1. The fraction of sp³-hybridized carbons (Fsp3) is 0.500. The highest BCUT2D eigenvalue weighted by atomic mass is 32.1. The molecule has 1 saturated carbocycles. The Morgan fingerprint density at radius 2 is 2.25 bits per heavy atom. The van der Waals surface area contributed by atoms with Crippen molar-refractivity contribution in [3.8, 4) is 0 Å². The first-order chi connectivity index (χ1) is 11.6. The Kier molecular flexibility index (Phi) is 5.26. The van der Waals surface area contributed by atoms with Crippen LogP contribution in [0.25, 0.3) is 15.8 Å². The molecule has 5 nitrogen and oxygen atoms in total. The molecule has 128 valence electrons. The van der Waals surface area contributed by atoms with E-state index >= 15 is 0 Å². The van der Waals surface area contributed by atoms with Crippen molar-refractivity contribution in [3.05, 3.63) is 29.0 Å². The number of hydrogen-bond acceptors (Lipinski definition) is 5. The van der Waals surface area contributed by atoms with Crippen molar-refractivity contribution in [1.82, 2.24) is 15.3 Å². The summed E-state index contributed by atoms with van der Waals surface area (Å²) in [6.45, 7) is 4.46. The van der Waals surface area contributed by atoms with Crippen molar-refractivity contribution in [1.29, 1.82) is 0 Å². The summed E-state index contributed by atoms with van der Waals surface area (Å²) < 4.78 is 1.13. The largest absolute Gasteiger partial charge is 0.396 e. The molecule has 2 aromatic heterocycles. The summed E-state index contributed by atoms with van der Waals surface area (Å²) in [6, 6.07) is 2.37. The van der Waals surface area contributed by atoms with Crippen LogP contribution >= 0.6 is 11.3 Å². The third kappa shape index (κ3) is 3.49. The maximum Gasteiger partial charge on any atom is 0.131 e. The van der Waals surface area contributed by atoms with Gasteiger partial charge < -0.3 is 10.4 Å². The highest BCUT2D eigenvalue weighted by molar-refractivity contribution is 7.19. The SMILES string of the molecule is CN=C(NC1CCC(CO)C1)C(=C(C)C)c1nc2cnccc2s1. The van der Waals surface area contributed by atoms with Crippen molar-refractivity contribution >= 4 is 33.0 Å². The minimum Gasteiger partial charge on any atom is -0.396 e. The Bertz CT molecular complexity index is 743. The van der Waals surface area contributed by atoms with Gasteiger partial charge in [0.1, 0.15) is 16.4 Å². The zero-order chi connectivity index (χ0) is 17.1. The highest BCUT2D eigenvalue weighted by Crippen LogP contribution is 2.30. The van der Waals surface area contributed by atoms with Crippen LogP contribution in [-0.2, 0) is 0 Å². The second kappa shape index (κ2) is 7.40. The zero-order valence-electron chi connectivity index (χ0n) is 14.4. The van der Waals surface area contributed by atoms with E-state index in [2.05, 4.69) is 29.1 Å². The van der Waals surface area contributed by atoms with Gasteiger partial charge in [0.2, 0.25) is 0 Å². The minimum absolute atomic E-state index is 0.275. The van der Waals surface area contributed by atoms with E-state index in [1.807, 2.05) is 13.1 Å². The maximum atomic E-state index is 9.35. The van der Waals surface area contributed by atoms with Gasteiger partial charge in [-0.15, -0.1) is 11.3 Å². The molecule has 1 aliphatic carbocycles. The summed E-state index contributed by atoms with van der Waals surface area (Å²) in [5.74, 6) is 1.30. The standard InChI is InChI=1S/C18H24N4OS/c1-11(2)16(18-22-14-9-20-7-6-15(14)24-18)17(19-3)21-13-5-4-12(8-13)10-23/h6-7,9,12-13,23H,4-5,8,10H2,1-3H3,(H,19,21). The van der Waals surface area contributed by atoms with Crippen LogP contribution in [0.4, 0.5) is 0 Å². The Morgan fingerprint density at radius 3 is 2.88 bits per heavy atom. The Hall–Kier alpha value is -1.79. The summed E-state index contributed by atoms with van der Waals surface area (Å²) in [5.41, 5.74) is 3.19. The molecule has 3 rings (SSSR count). The van der Waals surface area contributed by atoms with Crippen LogP contribution in [0.5, 0.6) is 0 Å². The molecule has 0 amide bonds. The summed E-state index contributed by atoms with van der Waals surface area (Å²) in [7, 11) is 1.82. The molecule has 0 radical (unpaired) electrons. The molecule has 0 aromatic carbocycles. The summed E-state index contributed by atoms with van der Waals surface area (Å²) in [4.78, 5) is 13.4. The van der Waals surface area contributed by atoms with Gasteiger partial charge in [-0.1, -0.05) is 5.57 Å². The number of fused-ring (bicyclic) bond motifs is 1. The van der Waals surface area contributed by atoms with E-state index in [0.717, 1.165) is 45.9 Å². The van der Waals surface area contributed by atoms with Crippen molar-refractivity contribution < 1.29 is 5.11 Å². The summed E-state index contributed by atoms with van der Waals surface area (Å²) in [5, 5.41) is 13.9. The van der Waals surface area contributed by atoms with Crippen LogP contribution < -0.4 is 5.32 Å². The second-order valence-corrected chi connectivity index (χ2v) is 7.54. The minimum atomic E-state index is 0.275. The third-order valence-corrected chi connectivity index (χ3v) is 5.56. The fourth-order valence-electron chi connectivity index (χ4n) is 3.25. The van der Waals surface area contributed by atoms with Gasteiger partial charge >= 0.3 is 0 Å². The topological polar surface area (TPSA) is 70.4 Å². The first-order valence-electron chi connectivity index (χ1n) is 8.35. The maximum absolute atomic E-state index is 9.35. The van der Waals surface area contributed by atoms with Crippen LogP contribution in [0, 0.1) is 5.92 Å². The lowest BCUT2D eigenvalue weighted by molar-refractivity contribution is 0.228. The first-order valence-corrected chi connectivity index (χ1v) is 9.17. The van der Waals surface area contributed by atoms with Gasteiger partial charge in [-0.3, -0.25) is 9.98 Å². The number of allylic oxidation sites excluding steroid dienone is 1. The van der Waals surface area contributed by atoms with Gasteiger partial charge in [0.05, 0.1) is 16.5 Å². The van der Waals surface area contributed by atoms with E-state index in [0.29, 0.717) is 12.0 Å². The van der Waals surface area contributed by atoms with Gasteiger partial charge in [0.15, 0.2) is 0 Å². The number of nitrogens with one attached hydrogen (secondary N) is 1. The van der Waals surface area contributed by atoms with E-state index in [4.69, 9.17) is 4.98 Å². The van der Waals surface area contributed by atoms with Crippen LogP contribution in [0.2, 0.25) is 0 Å². The van der Waals surface area contributed by atoms with E-state index in [1.165, 1.54) is 5.57 Å². The number of thiazole rings is 1. The quantitative estimate of drug-likeness (QED) is 0.660. The monoisotopic (exact) mass is 344 g/mol. The van der Waals surface area contributed by atoms with Crippen LogP contribution in [-0.4, -0.2) is 40.6 Å². The zero-order valence-corrected chi connectivity index (χ0v) is 15.2. The summed E-state index contributed by atoms with van der Waals surface area (Å²) >= 11 is 1.67. The number of aliphatic imine (C=N–C) groups is 1. The molecule has 2 unspecified atom stereocenters. The predicted molar refractivity (Wildman–Crippen MR) is 100 cm³/mol.